The summed E-state index contributed by atoms with van der Waals surface area (Å²) < 4.78 is 5.41. The van der Waals surface area contributed by atoms with E-state index in [1.54, 1.807) is 0 Å². The number of likely N-dealkylation sites (tertiary alicyclic amines) is 1. The molecule has 4 nitrogen and oxygen atoms in total. The van der Waals surface area contributed by atoms with Gasteiger partial charge in [0.05, 0.1) is 5.54 Å². The van der Waals surface area contributed by atoms with Crippen LogP contribution in [0.2, 0.25) is 0 Å². The highest BCUT2D eigenvalue weighted by atomic mass is 16.6. The third-order valence-electron chi connectivity index (χ3n) is 3.25. The van der Waals surface area contributed by atoms with Gasteiger partial charge < -0.3 is 15.4 Å². The Morgan fingerprint density at radius 3 is 2.56 bits per heavy atom. The van der Waals surface area contributed by atoms with Crippen LogP contribution in [0.25, 0.3) is 0 Å². The second-order valence-electron chi connectivity index (χ2n) is 5.52. The summed E-state index contributed by atoms with van der Waals surface area (Å²) in [6.45, 7) is 9.02. The largest absolute Gasteiger partial charge is 0.444 e. The van der Waals surface area contributed by atoms with Gasteiger partial charge >= 0.3 is 6.09 Å². The lowest BCUT2D eigenvalue weighted by Crippen LogP contribution is -2.53. The van der Waals surface area contributed by atoms with Crippen LogP contribution in [-0.2, 0) is 4.74 Å². The summed E-state index contributed by atoms with van der Waals surface area (Å²) in [5.74, 6) is 0. The summed E-state index contributed by atoms with van der Waals surface area (Å²) >= 11 is 0. The van der Waals surface area contributed by atoms with Crippen molar-refractivity contribution in [3.63, 3.8) is 0 Å². The van der Waals surface area contributed by atoms with E-state index in [1.165, 1.54) is 0 Å². The van der Waals surface area contributed by atoms with Crippen LogP contribution in [0.1, 0.15) is 47.0 Å². The number of nitrogens with zero attached hydrogens (tertiary/aromatic N) is 1. The average molecular weight is 228 g/mol. The number of rotatable bonds is 2. The molecule has 0 aromatic rings. The van der Waals surface area contributed by atoms with Crippen LogP contribution < -0.4 is 5.73 Å². The van der Waals surface area contributed by atoms with Gasteiger partial charge in [-0.1, -0.05) is 6.92 Å². The van der Waals surface area contributed by atoms with Gasteiger partial charge in [-0.15, -0.1) is 0 Å². The molecule has 16 heavy (non-hydrogen) atoms. The highest BCUT2D eigenvalue weighted by molar-refractivity contribution is 5.69. The zero-order valence-corrected chi connectivity index (χ0v) is 10.9. The fourth-order valence-electron chi connectivity index (χ4n) is 2.26. The minimum absolute atomic E-state index is 0.178. The van der Waals surface area contributed by atoms with E-state index in [1.807, 2.05) is 25.7 Å². The number of hydrogen-bond acceptors (Lipinski definition) is 3. The van der Waals surface area contributed by atoms with Crippen molar-refractivity contribution in [1.29, 1.82) is 0 Å². The molecule has 1 aliphatic heterocycles. The first kappa shape index (κ1) is 13.3. The number of carbonyl (C=O) groups excluding carboxylic acids is 1. The molecule has 1 rings (SSSR count). The maximum absolute atomic E-state index is 12.0. The Balaban J connectivity index is 2.75. The predicted molar refractivity (Wildman–Crippen MR) is 64.3 cm³/mol. The number of hydrogen-bond donors (Lipinski definition) is 1. The van der Waals surface area contributed by atoms with Crippen molar-refractivity contribution in [1.82, 2.24) is 4.90 Å². The van der Waals surface area contributed by atoms with Gasteiger partial charge in [0.25, 0.3) is 0 Å². The van der Waals surface area contributed by atoms with Crippen LogP contribution in [0.15, 0.2) is 0 Å². The molecule has 0 aromatic carbocycles. The van der Waals surface area contributed by atoms with Crippen LogP contribution in [0.4, 0.5) is 4.79 Å². The number of ether oxygens (including phenoxy) is 1. The molecule has 1 amide bonds. The predicted octanol–water partition coefficient (Wildman–Crippen LogP) is 2.12. The lowest BCUT2D eigenvalue weighted by molar-refractivity contribution is 0.00844. The minimum Gasteiger partial charge on any atom is -0.444 e. The second-order valence-corrected chi connectivity index (χ2v) is 5.52. The van der Waals surface area contributed by atoms with E-state index >= 15 is 0 Å². The monoisotopic (exact) mass is 228 g/mol. The van der Waals surface area contributed by atoms with E-state index in [2.05, 4.69) is 6.92 Å². The highest BCUT2D eigenvalue weighted by Crippen LogP contribution is 2.32. The molecule has 4 heteroatoms. The molecule has 0 saturated carbocycles. The summed E-state index contributed by atoms with van der Waals surface area (Å²) in [6.07, 6.45) is 2.67. The van der Waals surface area contributed by atoms with Gasteiger partial charge in [0.15, 0.2) is 0 Å². The Labute approximate surface area is 98.1 Å². The van der Waals surface area contributed by atoms with Gasteiger partial charge in [0, 0.05) is 13.1 Å². The van der Waals surface area contributed by atoms with Crippen LogP contribution >= 0.6 is 0 Å². The van der Waals surface area contributed by atoms with Crippen LogP contribution in [0, 0.1) is 0 Å². The van der Waals surface area contributed by atoms with E-state index in [4.69, 9.17) is 10.5 Å². The molecule has 1 aliphatic rings. The van der Waals surface area contributed by atoms with Crippen LogP contribution in [0.5, 0.6) is 0 Å². The zero-order valence-electron chi connectivity index (χ0n) is 10.9. The van der Waals surface area contributed by atoms with Gasteiger partial charge in [-0.25, -0.2) is 4.79 Å². The lowest BCUT2D eigenvalue weighted by Gasteiger charge is -2.37. The van der Waals surface area contributed by atoms with E-state index < -0.39 is 5.60 Å². The average Bonchev–Trinajstić information content (AvgIpc) is 2.59. The first-order chi connectivity index (χ1) is 7.34. The lowest BCUT2D eigenvalue weighted by atomic mass is 9.93. The van der Waals surface area contributed by atoms with Crippen molar-refractivity contribution in [2.75, 3.05) is 13.1 Å². The Morgan fingerprint density at radius 1 is 1.50 bits per heavy atom. The highest BCUT2D eigenvalue weighted by Gasteiger charge is 2.42. The molecule has 1 unspecified atom stereocenters. The number of nitrogens with two attached hydrogens (primary N) is 1. The quantitative estimate of drug-likeness (QED) is 0.787. The SMILES string of the molecule is CCC1(CN)CCCN1C(=O)OC(C)(C)C. The molecular weight excluding hydrogens is 204 g/mol. The van der Waals surface area contributed by atoms with E-state index in [9.17, 15) is 4.79 Å². The molecule has 1 atom stereocenters. The molecule has 0 radical (unpaired) electrons. The molecule has 0 aliphatic carbocycles. The van der Waals surface area contributed by atoms with Crippen LogP contribution in [0.3, 0.4) is 0 Å². The Bertz CT molecular complexity index is 254. The van der Waals surface area contributed by atoms with E-state index in [-0.39, 0.29) is 11.6 Å². The molecule has 1 heterocycles. The van der Waals surface area contributed by atoms with Crippen molar-refractivity contribution >= 4 is 6.09 Å². The van der Waals surface area contributed by atoms with E-state index in [0.717, 1.165) is 25.8 Å². The Kier molecular flexibility index (Phi) is 3.84. The summed E-state index contributed by atoms with van der Waals surface area (Å²) in [4.78, 5) is 13.9. The van der Waals surface area contributed by atoms with Gasteiger partial charge in [-0.3, -0.25) is 0 Å². The maximum atomic E-state index is 12.0. The minimum atomic E-state index is -0.437. The van der Waals surface area contributed by atoms with Crippen molar-refractivity contribution in [2.45, 2.75) is 58.1 Å². The Hall–Kier alpha value is -0.770. The van der Waals surface area contributed by atoms with Crippen molar-refractivity contribution in [2.24, 2.45) is 5.73 Å². The third-order valence-corrected chi connectivity index (χ3v) is 3.25. The maximum Gasteiger partial charge on any atom is 0.410 e. The van der Waals surface area contributed by atoms with Crippen molar-refractivity contribution in [3.8, 4) is 0 Å². The molecule has 0 spiro atoms. The van der Waals surface area contributed by atoms with Gasteiger partial charge in [-0.2, -0.15) is 0 Å². The summed E-state index contributed by atoms with van der Waals surface area (Å²) in [7, 11) is 0. The fraction of sp³-hybridized carbons (Fsp3) is 0.917. The molecule has 0 aromatic heterocycles. The van der Waals surface area contributed by atoms with Gasteiger partial charge in [0.2, 0.25) is 0 Å². The number of carbonyl (C=O) groups is 1. The topological polar surface area (TPSA) is 55.6 Å². The fourth-order valence-corrected chi connectivity index (χ4v) is 2.26. The molecule has 2 N–H and O–H groups in total. The molecule has 1 saturated heterocycles. The van der Waals surface area contributed by atoms with Crippen molar-refractivity contribution < 1.29 is 9.53 Å². The molecule has 0 bridgehead atoms. The summed E-state index contributed by atoms with van der Waals surface area (Å²) in [5, 5.41) is 0. The third kappa shape index (κ3) is 2.67. The summed E-state index contributed by atoms with van der Waals surface area (Å²) in [6, 6.07) is 0. The smallest absolute Gasteiger partial charge is 0.410 e. The Morgan fingerprint density at radius 2 is 2.12 bits per heavy atom. The standard InChI is InChI=1S/C12H24N2O2/c1-5-12(9-13)7-6-8-14(12)10(15)16-11(2,3)4/h5-9,13H2,1-4H3. The molecule has 94 valence electrons. The number of amides is 1. The van der Waals surface area contributed by atoms with Gasteiger partial charge in [-0.05, 0) is 40.0 Å². The molecular formula is C12H24N2O2. The zero-order chi connectivity index (χ0) is 12.4. The van der Waals surface area contributed by atoms with Crippen molar-refractivity contribution in [3.05, 3.63) is 0 Å². The molecule has 1 fully saturated rings. The van der Waals surface area contributed by atoms with Crippen LogP contribution in [-0.4, -0.2) is 35.2 Å². The first-order valence-corrected chi connectivity index (χ1v) is 6.05. The summed E-state index contributed by atoms with van der Waals surface area (Å²) in [5.41, 5.74) is 5.21. The second kappa shape index (κ2) is 4.62. The normalized spacial score (nSPS) is 25.9. The van der Waals surface area contributed by atoms with E-state index in [0.29, 0.717) is 6.54 Å². The first-order valence-electron chi connectivity index (χ1n) is 6.05. The van der Waals surface area contributed by atoms with Gasteiger partial charge in [0.1, 0.15) is 5.60 Å².